The lowest BCUT2D eigenvalue weighted by molar-refractivity contribution is -0.137. The number of alkyl halides is 3. The molecule has 7 heteroatoms. The first-order chi connectivity index (χ1) is 11.9. The smallest absolute Gasteiger partial charge is 0.333 e. The summed E-state index contributed by atoms with van der Waals surface area (Å²) < 4.78 is 40.7. The Morgan fingerprint density at radius 2 is 1.80 bits per heavy atom. The molecule has 2 atom stereocenters. The number of aromatic nitrogens is 2. The van der Waals surface area contributed by atoms with Gasteiger partial charge in [-0.15, -0.1) is 0 Å². The Morgan fingerprint density at radius 3 is 2.40 bits per heavy atom. The van der Waals surface area contributed by atoms with Gasteiger partial charge in [-0.2, -0.15) is 18.3 Å². The molecule has 1 amide bonds. The van der Waals surface area contributed by atoms with Gasteiger partial charge in [0, 0.05) is 30.0 Å². The van der Waals surface area contributed by atoms with E-state index >= 15 is 0 Å². The molecule has 0 N–H and O–H groups in total. The summed E-state index contributed by atoms with van der Waals surface area (Å²) in [5, 5.41) is 4.29. The Balaban J connectivity index is 1.56. The largest absolute Gasteiger partial charge is 0.416 e. The lowest BCUT2D eigenvalue weighted by Crippen LogP contribution is -2.47. The minimum Gasteiger partial charge on any atom is -0.333 e. The standard InChI is InChI=1S/C18H18F3N3O/c19-18(20,21)13-4-1-3-12(9-13)17(25)24-14-5-6-15(24)11-16(10-14)23-8-2-7-22-23/h1-4,7-9,14-16H,5-6,10-11H2. The van der Waals surface area contributed by atoms with E-state index < -0.39 is 11.7 Å². The second-order valence-electron chi connectivity index (χ2n) is 6.79. The Bertz CT molecular complexity index is 758. The van der Waals surface area contributed by atoms with Crippen molar-refractivity contribution in [1.29, 1.82) is 0 Å². The first-order valence-electron chi connectivity index (χ1n) is 8.42. The van der Waals surface area contributed by atoms with Crippen molar-refractivity contribution in [2.75, 3.05) is 0 Å². The number of amides is 1. The van der Waals surface area contributed by atoms with Crippen molar-refractivity contribution in [1.82, 2.24) is 14.7 Å². The van der Waals surface area contributed by atoms with Crippen LogP contribution in [0.25, 0.3) is 0 Å². The molecule has 25 heavy (non-hydrogen) atoms. The fraction of sp³-hybridized carbons (Fsp3) is 0.444. The summed E-state index contributed by atoms with van der Waals surface area (Å²) in [7, 11) is 0. The van der Waals surface area contributed by atoms with E-state index in [0.29, 0.717) is 0 Å². The highest BCUT2D eigenvalue weighted by atomic mass is 19.4. The average molecular weight is 349 g/mol. The van der Waals surface area contributed by atoms with Crippen LogP contribution in [0.5, 0.6) is 0 Å². The Hall–Kier alpha value is -2.31. The minimum absolute atomic E-state index is 0.0648. The van der Waals surface area contributed by atoms with E-state index in [0.717, 1.165) is 37.8 Å². The Morgan fingerprint density at radius 1 is 1.08 bits per heavy atom. The lowest BCUT2D eigenvalue weighted by atomic mass is 9.96. The lowest BCUT2D eigenvalue weighted by Gasteiger charge is -2.39. The maximum Gasteiger partial charge on any atom is 0.416 e. The monoisotopic (exact) mass is 349 g/mol. The van der Waals surface area contributed by atoms with Gasteiger partial charge in [-0.05, 0) is 49.9 Å². The van der Waals surface area contributed by atoms with Crippen LogP contribution >= 0.6 is 0 Å². The predicted molar refractivity (Wildman–Crippen MR) is 84.9 cm³/mol. The van der Waals surface area contributed by atoms with E-state index in [1.807, 2.05) is 16.9 Å². The quantitative estimate of drug-likeness (QED) is 0.824. The average Bonchev–Trinajstić information content (AvgIpc) is 3.20. The van der Waals surface area contributed by atoms with Crippen LogP contribution in [0.15, 0.2) is 42.7 Å². The molecule has 1 aromatic heterocycles. The summed E-state index contributed by atoms with van der Waals surface area (Å²) in [6.45, 7) is 0. The zero-order valence-corrected chi connectivity index (χ0v) is 13.5. The van der Waals surface area contributed by atoms with Crippen LogP contribution in [-0.4, -0.2) is 32.7 Å². The van der Waals surface area contributed by atoms with Crippen molar-refractivity contribution in [3.05, 3.63) is 53.9 Å². The highest BCUT2D eigenvalue weighted by Crippen LogP contribution is 2.41. The minimum atomic E-state index is -4.44. The number of fused-ring (bicyclic) bond motifs is 2. The SMILES string of the molecule is O=C(c1cccc(C(F)(F)F)c1)N1C2CCC1CC(n1cccn1)C2. The maximum atomic E-state index is 12.9. The van der Waals surface area contributed by atoms with Crippen molar-refractivity contribution in [3.63, 3.8) is 0 Å². The van der Waals surface area contributed by atoms with E-state index in [1.165, 1.54) is 12.1 Å². The van der Waals surface area contributed by atoms with E-state index in [2.05, 4.69) is 5.10 Å². The summed E-state index contributed by atoms with van der Waals surface area (Å²) in [4.78, 5) is 14.7. The molecule has 2 saturated heterocycles. The summed E-state index contributed by atoms with van der Waals surface area (Å²) in [6.07, 6.45) is 2.60. The van der Waals surface area contributed by atoms with Gasteiger partial charge in [0.25, 0.3) is 5.91 Å². The number of piperidine rings is 1. The molecule has 1 aromatic carbocycles. The van der Waals surface area contributed by atoms with Gasteiger partial charge >= 0.3 is 6.18 Å². The molecule has 2 unspecified atom stereocenters. The van der Waals surface area contributed by atoms with Crippen LogP contribution in [0.1, 0.15) is 47.6 Å². The molecule has 132 valence electrons. The van der Waals surface area contributed by atoms with Gasteiger partial charge in [-0.3, -0.25) is 9.48 Å². The van der Waals surface area contributed by atoms with Crippen LogP contribution in [0, 0.1) is 0 Å². The third-order valence-corrected chi connectivity index (χ3v) is 5.28. The van der Waals surface area contributed by atoms with Crippen LogP contribution in [0.2, 0.25) is 0 Å². The number of benzene rings is 1. The molecular formula is C18H18F3N3O. The van der Waals surface area contributed by atoms with E-state index in [9.17, 15) is 18.0 Å². The number of hydrogen-bond acceptors (Lipinski definition) is 2. The fourth-order valence-corrected chi connectivity index (χ4v) is 4.17. The molecule has 0 aliphatic carbocycles. The third kappa shape index (κ3) is 2.92. The molecule has 2 aliphatic rings. The number of nitrogens with zero attached hydrogens (tertiary/aromatic N) is 3. The summed E-state index contributed by atoms with van der Waals surface area (Å²) in [5.41, 5.74) is -0.665. The Kier molecular flexibility index (Phi) is 3.81. The molecule has 4 nitrogen and oxygen atoms in total. The molecule has 4 rings (SSSR count). The van der Waals surface area contributed by atoms with Crippen LogP contribution in [-0.2, 0) is 6.18 Å². The maximum absolute atomic E-state index is 12.9. The van der Waals surface area contributed by atoms with Crippen LogP contribution < -0.4 is 0 Å². The van der Waals surface area contributed by atoms with Gasteiger partial charge in [0.2, 0.25) is 0 Å². The van der Waals surface area contributed by atoms with Crippen molar-refractivity contribution in [3.8, 4) is 0 Å². The van der Waals surface area contributed by atoms with E-state index in [4.69, 9.17) is 0 Å². The van der Waals surface area contributed by atoms with Gasteiger partial charge in [-0.1, -0.05) is 6.07 Å². The molecule has 2 aromatic rings. The van der Waals surface area contributed by atoms with Crippen molar-refractivity contribution < 1.29 is 18.0 Å². The molecule has 0 radical (unpaired) electrons. The second-order valence-corrected chi connectivity index (χ2v) is 6.79. The highest BCUT2D eigenvalue weighted by molar-refractivity contribution is 5.95. The summed E-state index contributed by atoms with van der Waals surface area (Å²) in [6, 6.07) is 6.98. The normalized spacial score (nSPS) is 26.0. The topological polar surface area (TPSA) is 38.1 Å². The van der Waals surface area contributed by atoms with Crippen LogP contribution in [0.3, 0.4) is 0 Å². The molecular weight excluding hydrogens is 331 g/mol. The predicted octanol–water partition coefficient (Wildman–Crippen LogP) is 3.91. The van der Waals surface area contributed by atoms with Gasteiger partial charge in [0.05, 0.1) is 11.6 Å². The van der Waals surface area contributed by atoms with Crippen molar-refractivity contribution in [2.24, 2.45) is 0 Å². The molecule has 0 saturated carbocycles. The number of carbonyl (C=O) groups is 1. The van der Waals surface area contributed by atoms with Crippen molar-refractivity contribution in [2.45, 2.75) is 50.0 Å². The zero-order chi connectivity index (χ0) is 17.6. The number of carbonyl (C=O) groups excluding carboxylic acids is 1. The summed E-state index contributed by atoms with van der Waals surface area (Å²) >= 11 is 0. The van der Waals surface area contributed by atoms with Crippen molar-refractivity contribution >= 4 is 5.91 Å². The van der Waals surface area contributed by atoms with Gasteiger partial charge < -0.3 is 4.90 Å². The number of rotatable bonds is 2. The number of hydrogen-bond donors (Lipinski definition) is 0. The van der Waals surface area contributed by atoms with Gasteiger partial charge in [0.1, 0.15) is 0 Å². The molecule has 2 fully saturated rings. The third-order valence-electron chi connectivity index (χ3n) is 5.28. The first kappa shape index (κ1) is 16.2. The summed E-state index contributed by atoms with van der Waals surface area (Å²) in [5.74, 6) is -0.294. The van der Waals surface area contributed by atoms with Gasteiger partial charge in [-0.25, -0.2) is 0 Å². The zero-order valence-electron chi connectivity index (χ0n) is 13.5. The van der Waals surface area contributed by atoms with Gasteiger partial charge in [0.15, 0.2) is 0 Å². The fourth-order valence-electron chi connectivity index (χ4n) is 4.17. The van der Waals surface area contributed by atoms with E-state index in [-0.39, 0.29) is 29.6 Å². The molecule has 2 bridgehead atoms. The molecule has 2 aliphatic heterocycles. The number of halogens is 3. The van der Waals surface area contributed by atoms with Crippen LogP contribution in [0.4, 0.5) is 13.2 Å². The molecule has 0 spiro atoms. The van der Waals surface area contributed by atoms with E-state index in [1.54, 1.807) is 11.1 Å². The molecule has 3 heterocycles. The Labute approximate surface area is 143 Å². The first-order valence-corrected chi connectivity index (χ1v) is 8.42. The highest BCUT2D eigenvalue weighted by Gasteiger charge is 2.44. The second kappa shape index (κ2) is 5.89.